The molecule has 0 saturated heterocycles. The maximum atomic E-state index is 13.0. The third-order valence-corrected chi connectivity index (χ3v) is 8.57. The highest BCUT2D eigenvalue weighted by atomic mass is 16.6. The summed E-state index contributed by atoms with van der Waals surface area (Å²) in [5, 5.41) is 45.8. The minimum Gasteiger partial charge on any atom is -0.469 e. The number of ether oxygens (including phenoxy) is 2. The monoisotopic (exact) mass is 452 g/mol. The van der Waals surface area contributed by atoms with Gasteiger partial charge in [0.1, 0.15) is 23.6 Å². The summed E-state index contributed by atoms with van der Waals surface area (Å²) in [6.45, 7) is 6.22. The van der Waals surface area contributed by atoms with Crippen molar-refractivity contribution >= 4 is 11.9 Å². The summed E-state index contributed by atoms with van der Waals surface area (Å²) < 4.78 is 16.3. The minimum atomic E-state index is -1.95. The molecular weight excluding hydrogens is 420 g/mol. The summed E-state index contributed by atoms with van der Waals surface area (Å²) in [6.07, 6.45) is -3.77. The molecule has 9 nitrogen and oxygen atoms in total. The molecule has 1 aromatic heterocycles. The van der Waals surface area contributed by atoms with Crippen molar-refractivity contribution < 1.29 is 43.9 Å². The molecule has 178 valence electrons. The number of carbonyl (C=O) groups excluding carboxylic acids is 2. The molecule has 3 aliphatic carbocycles. The first-order chi connectivity index (χ1) is 14.8. The largest absolute Gasteiger partial charge is 0.469 e. The van der Waals surface area contributed by atoms with E-state index in [1.165, 1.54) is 20.3 Å². The van der Waals surface area contributed by atoms with Crippen molar-refractivity contribution in [2.45, 2.75) is 76.5 Å². The Morgan fingerprint density at radius 3 is 2.41 bits per heavy atom. The molecule has 3 aliphatic rings. The van der Waals surface area contributed by atoms with Gasteiger partial charge in [0.15, 0.2) is 0 Å². The van der Waals surface area contributed by atoms with Crippen LogP contribution in [0.15, 0.2) is 16.7 Å². The predicted molar refractivity (Wildman–Crippen MR) is 109 cm³/mol. The summed E-state index contributed by atoms with van der Waals surface area (Å²) in [6, 6.07) is 1.64. The Kier molecular flexibility index (Phi) is 5.28. The second-order valence-electron chi connectivity index (χ2n) is 10.4. The second-order valence-corrected chi connectivity index (χ2v) is 10.4. The zero-order valence-electron chi connectivity index (χ0n) is 18.9. The molecule has 0 amide bonds. The molecule has 0 bridgehead atoms. The summed E-state index contributed by atoms with van der Waals surface area (Å²) in [5.74, 6) is -3.25. The van der Waals surface area contributed by atoms with Crippen LogP contribution < -0.4 is 0 Å². The number of hydrogen-bond acceptors (Lipinski definition) is 9. The summed E-state index contributed by atoms with van der Waals surface area (Å²) in [7, 11) is 1.24. The van der Waals surface area contributed by atoms with E-state index in [1.54, 1.807) is 26.8 Å². The van der Waals surface area contributed by atoms with Crippen LogP contribution >= 0.6 is 0 Å². The number of carbonyl (C=O) groups is 2. The van der Waals surface area contributed by atoms with Gasteiger partial charge >= 0.3 is 11.9 Å². The average molecular weight is 453 g/mol. The van der Waals surface area contributed by atoms with Crippen molar-refractivity contribution in [3.8, 4) is 0 Å². The van der Waals surface area contributed by atoms with Gasteiger partial charge in [-0.05, 0) is 23.8 Å². The van der Waals surface area contributed by atoms with Crippen LogP contribution in [0.3, 0.4) is 0 Å². The van der Waals surface area contributed by atoms with Gasteiger partial charge in [-0.25, -0.2) is 0 Å². The molecule has 0 radical (unpaired) electrons. The second kappa shape index (κ2) is 7.28. The number of fused-ring (bicyclic) bond motifs is 4. The standard InChI is InChI=1S/C23H32O9/c1-10(24)32-17-16-12(8-14-11(6-7-31-14)15(16)20(28)30-5)22(4)18(26)13(25)9-21(2,3)23(22,29)19(17)27/h6-7,12-13,15-19,25-27,29H,8-9H2,1-5H3/t12?,13-,15+,16?,17+,18-,19-,22-,23+/m0/s1. The number of aliphatic hydroxyl groups excluding tert-OH is 3. The van der Waals surface area contributed by atoms with E-state index in [1.807, 2.05) is 0 Å². The molecular formula is C23H32O9. The molecule has 2 unspecified atom stereocenters. The fourth-order valence-electron chi connectivity index (χ4n) is 7.16. The Morgan fingerprint density at radius 2 is 1.81 bits per heavy atom. The molecule has 1 aromatic rings. The van der Waals surface area contributed by atoms with Gasteiger partial charge < -0.3 is 34.3 Å². The number of rotatable bonds is 2. The molecule has 4 N–H and O–H groups in total. The van der Waals surface area contributed by atoms with E-state index in [9.17, 15) is 30.0 Å². The lowest BCUT2D eigenvalue weighted by atomic mass is 9.38. The van der Waals surface area contributed by atoms with E-state index in [2.05, 4.69) is 0 Å². The highest BCUT2D eigenvalue weighted by molar-refractivity contribution is 5.79. The van der Waals surface area contributed by atoms with Gasteiger partial charge in [0.25, 0.3) is 0 Å². The number of furan rings is 1. The topological polar surface area (TPSA) is 147 Å². The van der Waals surface area contributed by atoms with E-state index in [0.29, 0.717) is 11.3 Å². The molecule has 9 heteroatoms. The van der Waals surface area contributed by atoms with Crippen molar-refractivity contribution in [1.82, 2.24) is 0 Å². The normalized spacial score (nSPS) is 44.6. The number of esters is 2. The Bertz CT molecular complexity index is 922. The minimum absolute atomic E-state index is 0.0218. The SMILES string of the molecule is COC(=O)[C@@H]1c2ccoc2CC2C1[C@@H](OC(C)=O)[C@H](O)[C@@]1(O)C(C)(C)C[C@H](O)[C@H](O)[C@]21C. The lowest BCUT2D eigenvalue weighted by Gasteiger charge is -2.70. The number of hydrogen-bond donors (Lipinski definition) is 4. The first kappa shape index (κ1) is 23.2. The first-order valence-electron chi connectivity index (χ1n) is 10.9. The van der Waals surface area contributed by atoms with Gasteiger partial charge in [-0.3, -0.25) is 9.59 Å². The summed E-state index contributed by atoms with van der Waals surface area (Å²) >= 11 is 0. The fourth-order valence-corrected chi connectivity index (χ4v) is 7.16. The van der Waals surface area contributed by atoms with Gasteiger partial charge in [-0.15, -0.1) is 0 Å². The van der Waals surface area contributed by atoms with Gasteiger partial charge in [-0.2, -0.15) is 0 Å². The molecule has 9 atom stereocenters. The maximum Gasteiger partial charge on any atom is 0.313 e. The predicted octanol–water partition coefficient (Wildman–Crippen LogP) is 0.520. The lowest BCUT2D eigenvalue weighted by Crippen LogP contribution is -2.81. The number of aliphatic hydroxyl groups is 4. The van der Waals surface area contributed by atoms with Crippen LogP contribution in [0.5, 0.6) is 0 Å². The van der Waals surface area contributed by atoms with Crippen LogP contribution in [0.2, 0.25) is 0 Å². The lowest BCUT2D eigenvalue weighted by molar-refractivity contribution is -0.350. The summed E-state index contributed by atoms with van der Waals surface area (Å²) in [5.41, 5.74) is -3.93. The zero-order valence-corrected chi connectivity index (χ0v) is 18.9. The molecule has 1 heterocycles. The van der Waals surface area contributed by atoms with Crippen LogP contribution in [0, 0.1) is 22.7 Å². The molecule has 0 aliphatic heterocycles. The van der Waals surface area contributed by atoms with Crippen LogP contribution in [0.1, 0.15) is 51.4 Å². The van der Waals surface area contributed by atoms with Crippen molar-refractivity contribution in [2.75, 3.05) is 7.11 Å². The van der Waals surface area contributed by atoms with Crippen LogP contribution in [0.4, 0.5) is 0 Å². The molecule has 0 aromatic carbocycles. The van der Waals surface area contributed by atoms with Crippen molar-refractivity contribution in [1.29, 1.82) is 0 Å². The molecule has 4 rings (SSSR count). The van der Waals surface area contributed by atoms with E-state index in [4.69, 9.17) is 13.9 Å². The average Bonchev–Trinajstić information content (AvgIpc) is 3.19. The first-order valence-corrected chi connectivity index (χ1v) is 10.9. The van der Waals surface area contributed by atoms with Gasteiger partial charge in [-0.1, -0.05) is 20.8 Å². The molecule has 2 saturated carbocycles. The smallest absolute Gasteiger partial charge is 0.313 e. The van der Waals surface area contributed by atoms with E-state index in [-0.39, 0.29) is 12.8 Å². The van der Waals surface area contributed by atoms with E-state index in [0.717, 1.165) is 0 Å². The highest BCUT2D eigenvalue weighted by Crippen LogP contribution is 2.67. The van der Waals surface area contributed by atoms with Crippen LogP contribution in [0.25, 0.3) is 0 Å². The quantitative estimate of drug-likeness (QED) is 0.472. The van der Waals surface area contributed by atoms with Gasteiger partial charge in [0.2, 0.25) is 0 Å². The van der Waals surface area contributed by atoms with E-state index < -0.39 is 70.5 Å². The van der Waals surface area contributed by atoms with Crippen LogP contribution in [-0.4, -0.2) is 69.5 Å². The highest BCUT2D eigenvalue weighted by Gasteiger charge is 2.77. The van der Waals surface area contributed by atoms with Gasteiger partial charge in [0.05, 0.1) is 31.5 Å². The Balaban J connectivity index is 2.00. The van der Waals surface area contributed by atoms with E-state index >= 15 is 0 Å². The Labute approximate surface area is 186 Å². The summed E-state index contributed by atoms with van der Waals surface area (Å²) in [4.78, 5) is 25.0. The van der Waals surface area contributed by atoms with Crippen molar-refractivity contribution in [3.63, 3.8) is 0 Å². The molecule has 32 heavy (non-hydrogen) atoms. The maximum absolute atomic E-state index is 13.0. The molecule has 2 fully saturated rings. The number of methoxy groups -OCH3 is 1. The third kappa shape index (κ3) is 2.71. The fraction of sp³-hybridized carbons (Fsp3) is 0.739. The zero-order chi connectivity index (χ0) is 23.8. The Hall–Kier alpha value is -1.94. The van der Waals surface area contributed by atoms with Crippen LogP contribution in [-0.2, 0) is 25.5 Å². The van der Waals surface area contributed by atoms with Crippen molar-refractivity contribution in [3.05, 3.63) is 23.7 Å². The third-order valence-electron chi connectivity index (χ3n) is 8.57. The Morgan fingerprint density at radius 1 is 1.16 bits per heavy atom. The molecule has 0 spiro atoms. The van der Waals surface area contributed by atoms with Gasteiger partial charge in [0, 0.05) is 30.2 Å². The van der Waals surface area contributed by atoms with Crippen molar-refractivity contribution in [2.24, 2.45) is 22.7 Å².